The van der Waals surface area contributed by atoms with Crippen molar-refractivity contribution in [2.24, 2.45) is 0 Å². The normalized spacial score (nSPS) is 15.5. The first-order valence-electron chi connectivity index (χ1n) is 10.7. The number of carbonyl (C=O) groups excluding carboxylic acids is 3. The zero-order valence-electron chi connectivity index (χ0n) is 18.2. The van der Waals surface area contributed by atoms with Gasteiger partial charge in [0.25, 0.3) is 0 Å². The minimum absolute atomic E-state index is 0.107. The molecule has 3 aromatic rings. The molecule has 1 aromatic heterocycles. The van der Waals surface area contributed by atoms with Crippen molar-refractivity contribution in [1.82, 2.24) is 30.7 Å². The largest absolute Gasteiger partial charge is 0.355 e. The average molecular weight is 499 g/mol. The van der Waals surface area contributed by atoms with Crippen LogP contribution in [0.4, 0.5) is 4.79 Å². The predicted octanol–water partition coefficient (Wildman–Crippen LogP) is 2.51. The summed E-state index contributed by atoms with van der Waals surface area (Å²) in [4.78, 5) is 35.8. The number of urea groups is 1. The van der Waals surface area contributed by atoms with Crippen molar-refractivity contribution in [2.75, 3.05) is 12.3 Å². The molecule has 1 aliphatic rings. The summed E-state index contributed by atoms with van der Waals surface area (Å²) in [6.45, 7) is 0.544. The van der Waals surface area contributed by atoms with Crippen molar-refractivity contribution in [2.45, 2.75) is 30.5 Å². The van der Waals surface area contributed by atoms with Gasteiger partial charge in [-0.15, -0.1) is 10.2 Å². The second-order valence-electron chi connectivity index (χ2n) is 7.71. The van der Waals surface area contributed by atoms with Crippen LogP contribution in [0.3, 0.4) is 0 Å². The molecule has 1 unspecified atom stereocenters. The number of carbonyl (C=O) groups is 3. The van der Waals surface area contributed by atoms with Crippen molar-refractivity contribution < 1.29 is 14.4 Å². The summed E-state index contributed by atoms with van der Waals surface area (Å²) >= 11 is 7.31. The first-order valence-corrected chi connectivity index (χ1v) is 12.1. The zero-order chi connectivity index (χ0) is 23.9. The molecule has 1 saturated heterocycles. The molecule has 1 aliphatic heterocycles. The van der Waals surface area contributed by atoms with E-state index in [9.17, 15) is 14.4 Å². The van der Waals surface area contributed by atoms with Crippen LogP contribution in [0, 0.1) is 0 Å². The summed E-state index contributed by atoms with van der Waals surface area (Å²) in [6.07, 6.45) is 1.20. The van der Waals surface area contributed by atoms with Gasteiger partial charge in [-0.3, -0.25) is 19.5 Å². The highest BCUT2D eigenvalue weighted by Crippen LogP contribution is 2.24. The molecule has 11 heteroatoms. The van der Waals surface area contributed by atoms with E-state index in [1.54, 1.807) is 12.1 Å². The molecule has 3 N–H and O–H groups in total. The molecule has 2 aromatic carbocycles. The monoisotopic (exact) mass is 498 g/mol. The van der Waals surface area contributed by atoms with E-state index in [2.05, 4.69) is 26.1 Å². The van der Waals surface area contributed by atoms with E-state index in [4.69, 9.17) is 11.6 Å². The Morgan fingerprint density at radius 2 is 1.88 bits per heavy atom. The average Bonchev–Trinajstić information content (AvgIpc) is 3.20. The highest BCUT2D eigenvalue weighted by atomic mass is 35.5. The van der Waals surface area contributed by atoms with Gasteiger partial charge in [-0.2, -0.15) is 0 Å². The number of amides is 4. The van der Waals surface area contributed by atoms with Gasteiger partial charge in [-0.25, -0.2) is 4.79 Å². The number of thioether (sulfide) groups is 1. The van der Waals surface area contributed by atoms with Gasteiger partial charge in [0.15, 0.2) is 5.16 Å². The third-order valence-electron chi connectivity index (χ3n) is 5.15. The molecule has 1 fully saturated rings. The van der Waals surface area contributed by atoms with E-state index in [0.717, 1.165) is 17.7 Å². The molecule has 9 nitrogen and oxygen atoms in total. The standard InChI is InChI=1S/C23H23ClN6O3S/c24-16-6-8-18(9-7-16)30-19(12-17-13-20(31)27-22(33)26-17)28-29-23(30)34-14-21(32)25-11-10-15-4-2-1-3-5-15/h1-9,17H,10-14H2,(H,25,32)(H2,26,27,31,33). The van der Waals surface area contributed by atoms with Gasteiger partial charge < -0.3 is 10.6 Å². The zero-order valence-corrected chi connectivity index (χ0v) is 19.7. The van der Waals surface area contributed by atoms with Gasteiger partial charge in [0.2, 0.25) is 11.8 Å². The number of aromatic nitrogens is 3. The van der Waals surface area contributed by atoms with Gasteiger partial charge >= 0.3 is 6.03 Å². The van der Waals surface area contributed by atoms with E-state index in [1.165, 1.54) is 11.8 Å². The molecule has 4 rings (SSSR count). The second kappa shape index (κ2) is 11.2. The Labute approximate surface area is 205 Å². The van der Waals surface area contributed by atoms with Gasteiger partial charge in [-0.05, 0) is 36.2 Å². The molecule has 0 aliphatic carbocycles. The number of hydrogen-bond donors (Lipinski definition) is 3. The number of benzene rings is 2. The van der Waals surface area contributed by atoms with E-state index in [-0.39, 0.29) is 24.0 Å². The van der Waals surface area contributed by atoms with Crippen LogP contribution >= 0.6 is 23.4 Å². The molecule has 34 heavy (non-hydrogen) atoms. The summed E-state index contributed by atoms with van der Waals surface area (Å²) in [5, 5.41) is 17.5. The fourth-order valence-corrected chi connectivity index (χ4v) is 4.49. The molecule has 0 bridgehead atoms. The van der Waals surface area contributed by atoms with Crippen molar-refractivity contribution in [1.29, 1.82) is 0 Å². The van der Waals surface area contributed by atoms with Crippen molar-refractivity contribution in [3.05, 3.63) is 71.0 Å². The van der Waals surface area contributed by atoms with Crippen molar-refractivity contribution in [3.63, 3.8) is 0 Å². The van der Waals surface area contributed by atoms with Crippen LogP contribution in [-0.4, -0.2) is 50.9 Å². The number of imide groups is 1. The number of halogens is 1. The highest BCUT2D eigenvalue weighted by molar-refractivity contribution is 7.99. The molecule has 1 atom stereocenters. The lowest BCUT2D eigenvalue weighted by molar-refractivity contribution is -0.121. The molecule has 0 radical (unpaired) electrons. The minimum atomic E-state index is -0.527. The second-order valence-corrected chi connectivity index (χ2v) is 9.09. The van der Waals surface area contributed by atoms with Crippen LogP contribution in [-0.2, 0) is 22.4 Å². The topological polar surface area (TPSA) is 118 Å². The Morgan fingerprint density at radius 1 is 1.12 bits per heavy atom. The quantitative estimate of drug-likeness (QED) is 0.390. The molecule has 4 amide bonds. The van der Waals surface area contributed by atoms with Crippen molar-refractivity contribution >= 4 is 41.2 Å². The Balaban J connectivity index is 1.43. The SMILES string of the molecule is O=C(CSc1nnc(CC2CC(=O)NC(=O)N2)n1-c1ccc(Cl)cc1)NCCc1ccccc1. The maximum absolute atomic E-state index is 12.4. The summed E-state index contributed by atoms with van der Waals surface area (Å²) in [6, 6.07) is 16.2. The molecular weight excluding hydrogens is 476 g/mol. The van der Waals surface area contributed by atoms with Crippen molar-refractivity contribution in [3.8, 4) is 5.69 Å². The third-order valence-corrected chi connectivity index (χ3v) is 6.33. The predicted molar refractivity (Wildman–Crippen MR) is 129 cm³/mol. The third kappa shape index (κ3) is 6.36. The Kier molecular flexibility index (Phi) is 7.81. The summed E-state index contributed by atoms with van der Waals surface area (Å²) in [7, 11) is 0. The number of nitrogens with one attached hydrogen (secondary N) is 3. The number of rotatable bonds is 9. The molecule has 0 saturated carbocycles. The van der Waals surface area contributed by atoms with Gasteiger partial charge in [0.05, 0.1) is 5.75 Å². The number of nitrogens with zero attached hydrogens (tertiary/aromatic N) is 3. The van der Waals surface area contributed by atoms with E-state index < -0.39 is 12.1 Å². The molecule has 0 spiro atoms. The van der Waals surface area contributed by atoms with E-state index in [0.29, 0.717) is 29.0 Å². The van der Waals surface area contributed by atoms with Crippen LogP contribution in [0.2, 0.25) is 5.02 Å². The maximum atomic E-state index is 12.4. The van der Waals surface area contributed by atoms with Gasteiger partial charge in [0, 0.05) is 36.1 Å². The Morgan fingerprint density at radius 3 is 2.62 bits per heavy atom. The lowest BCUT2D eigenvalue weighted by Crippen LogP contribution is -2.53. The van der Waals surface area contributed by atoms with Gasteiger partial charge in [0.1, 0.15) is 5.82 Å². The lowest BCUT2D eigenvalue weighted by Gasteiger charge is -2.23. The van der Waals surface area contributed by atoms with Crippen LogP contribution in [0.1, 0.15) is 17.8 Å². The van der Waals surface area contributed by atoms with Crippen LogP contribution in [0.5, 0.6) is 0 Å². The smallest absolute Gasteiger partial charge is 0.321 e. The molecule has 2 heterocycles. The fraction of sp³-hybridized carbons (Fsp3) is 0.261. The summed E-state index contributed by atoms with van der Waals surface area (Å²) in [5.74, 6) is 0.287. The van der Waals surface area contributed by atoms with Crippen LogP contribution in [0.15, 0.2) is 59.8 Å². The first kappa shape index (κ1) is 23.8. The summed E-state index contributed by atoms with van der Waals surface area (Å²) < 4.78 is 1.82. The Bertz CT molecular complexity index is 1150. The van der Waals surface area contributed by atoms with E-state index >= 15 is 0 Å². The summed E-state index contributed by atoms with van der Waals surface area (Å²) in [5.41, 5.74) is 1.93. The first-order chi connectivity index (χ1) is 16.5. The Hall–Kier alpha value is -3.37. The maximum Gasteiger partial charge on any atom is 0.321 e. The number of hydrogen-bond acceptors (Lipinski definition) is 6. The molecule has 176 valence electrons. The minimum Gasteiger partial charge on any atom is -0.355 e. The lowest BCUT2D eigenvalue weighted by atomic mass is 10.1. The highest BCUT2D eigenvalue weighted by Gasteiger charge is 2.27. The van der Waals surface area contributed by atoms with E-state index in [1.807, 2.05) is 47.0 Å². The molecular formula is C23H23ClN6O3S. The van der Waals surface area contributed by atoms with Gasteiger partial charge in [-0.1, -0.05) is 53.7 Å². The van der Waals surface area contributed by atoms with Crippen LogP contribution < -0.4 is 16.0 Å². The van der Waals surface area contributed by atoms with Crippen LogP contribution in [0.25, 0.3) is 5.69 Å². The fourth-order valence-electron chi connectivity index (χ4n) is 3.57.